The predicted molar refractivity (Wildman–Crippen MR) is 85.1 cm³/mol. The number of hydrogen-bond donors (Lipinski definition) is 0. The van der Waals surface area contributed by atoms with Crippen molar-refractivity contribution in [2.45, 2.75) is 51.7 Å². The van der Waals surface area contributed by atoms with Crippen molar-refractivity contribution in [2.24, 2.45) is 0 Å². The molecule has 1 atom stereocenters. The van der Waals surface area contributed by atoms with E-state index in [1.807, 2.05) is 24.3 Å². The molecular formula is C17H21BrO2. The number of ether oxygens (including phenoxy) is 1. The van der Waals surface area contributed by atoms with Crippen molar-refractivity contribution in [3.63, 3.8) is 0 Å². The van der Waals surface area contributed by atoms with Gasteiger partial charge < -0.3 is 4.74 Å². The summed E-state index contributed by atoms with van der Waals surface area (Å²) in [6.07, 6.45) is 8.39. The molecule has 0 saturated carbocycles. The van der Waals surface area contributed by atoms with Gasteiger partial charge in [-0.25, -0.2) is 0 Å². The molecule has 0 bridgehead atoms. The Morgan fingerprint density at radius 2 is 2.00 bits per heavy atom. The van der Waals surface area contributed by atoms with Crippen LogP contribution in [0.25, 0.3) is 0 Å². The Hall–Kier alpha value is -0.930. The average Bonchev–Trinajstić information content (AvgIpc) is 2.43. The zero-order valence-electron chi connectivity index (χ0n) is 11.9. The molecule has 20 heavy (non-hydrogen) atoms. The summed E-state index contributed by atoms with van der Waals surface area (Å²) in [5.74, 6) is 0.100. The highest BCUT2D eigenvalue weighted by atomic mass is 79.9. The molecule has 3 heteroatoms. The maximum Gasteiger partial charge on any atom is 0.159 e. The first-order valence-electron chi connectivity index (χ1n) is 7.24. The molecule has 2 nitrogen and oxygen atoms in total. The van der Waals surface area contributed by atoms with Gasteiger partial charge in [-0.2, -0.15) is 0 Å². The number of halogens is 1. The molecule has 0 heterocycles. The van der Waals surface area contributed by atoms with E-state index in [1.54, 1.807) is 6.92 Å². The highest BCUT2D eigenvalue weighted by molar-refractivity contribution is 9.11. The van der Waals surface area contributed by atoms with Crippen LogP contribution in [0.3, 0.4) is 0 Å². The normalized spacial score (nSPS) is 22.5. The van der Waals surface area contributed by atoms with Crippen LogP contribution in [0.2, 0.25) is 0 Å². The SMILES string of the molecule is CC(=O)c1ccc(COC2CCCCC/C=C/2Br)cc1. The quantitative estimate of drug-likeness (QED) is 0.721. The van der Waals surface area contributed by atoms with Crippen LogP contribution in [0.4, 0.5) is 0 Å². The van der Waals surface area contributed by atoms with Crippen molar-refractivity contribution in [2.75, 3.05) is 0 Å². The number of ketones is 1. The molecular weight excluding hydrogens is 316 g/mol. The molecule has 108 valence electrons. The van der Waals surface area contributed by atoms with Crippen molar-refractivity contribution < 1.29 is 9.53 Å². The fraction of sp³-hybridized carbons (Fsp3) is 0.471. The van der Waals surface area contributed by atoms with Gasteiger partial charge in [0.1, 0.15) is 0 Å². The lowest BCUT2D eigenvalue weighted by Crippen LogP contribution is -2.14. The molecule has 0 aromatic heterocycles. The van der Waals surface area contributed by atoms with E-state index < -0.39 is 0 Å². The molecule has 1 aliphatic rings. The van der Waals surface area contributed by atoms with E-state index in [-0.39, 0.29) is 11.9 Å². The third-order valence-electron chi connectivity index (χ3n) is 3.63. The topological polar surface area (TPSA) is 26.3 Å². The number of carbonyl (C=O) groups excluding carboxylic acids is 1. The summed E-state index contributed by atoms with van der Waals surface area (Å²) >= 11 is 3.64. The Balaban J connectivity index is 1.93. The average molecular weight is 337 g/mol. The number of carbonyl (C=O) groups is 1. The van der Waals surface area contributed by atoms with Gasteiger partial charge in [0.2, 0.25) is 0 Å². The lowest BCUT2D eigenvalue weighted by atomic mass is 10.0. The van der Waals surface area contributed by atoms with E-state index in [1.165, 1.54) is 23.7 Å². The van der Waals surface area contributed by atoms with Crippen LogP contribution < -0.4 is 0 Å². The van der Waals surface area contributed by atoms with Crippen molar-refractivity contribution in [1.82, 2.24) is 0 Å². The zero-order chi connectivity index (χ0) is 14.4. The van der Waals surface area contributed by atoms with Crippen molar-refractivity contribution in [3.05, 3.63) is 46.0 Å². The molecule has 1 unspecified atom stereocenters. The first kappa shape index (κ1) is 15.5. The number of allylic oxidation sites excluding steroid dienone is 1. The maximum absolute atomic E-state index is 11.2. The smallest absolute Gasteiger partial charge is 0.159 e. The zero-order valence-corrected chi connectivity index (χ0v) is 13.5. The molecule has 0 saturated heterocycles. The third-order valence-corrected chi connectivity index (χ3v) is 4.46. The Kier molecular flexibility index (Phi) is 5.99. The van der Waals surface area contributed by atoms with E-state index >= 15 is 0 Å². The van der Waals surface area contributed by atoms with Crippen LogP contribution >= 0.6 is 15.9 Å². The number of hydrogen-bond acceptors (Lipinski definition) is 2. The van der Waals surface area contributed by atoms with Gasteiger partial charge >= 0.3 is 0 Å². The van der Waals surface area contributed by atoms with E-state index in [0.29, 0.717) is 6.61 Å². The first-order chi connectivity index (χ1) is 9.66. The van der Waals surface area contributed by atoms with Gasteiger partial charge in [0, 0.05) is 10.0 Å². The largest absolute Gasteiger partial charge is 0.368 e. The lowest BCUT2D eigenvalue weighted by Gasteiger charge is -2.19. The maximum atomic E-state index is 11.2. The fourth-order valence-corrected chi connectivity index (χ4v) is 2.95. The summed E-state index contributed by atoms with van der Waals surface area (Å²) in [5, 5.41) is 0. The molecule has 0 spiro atoms. The molecule has 0 aliphatic heterocycles. The standard InChI is InChI=1S/C17H21BrO2/c1-13(19)15-10-8-14(9-11-15)12-20-17-7-5-3-2-4-6-16(17)18/h6,8-11,17H,2-5,7,12H2,1H3/b16-6-. The van der Waals surface area contributed by atoms with E-state index in [0.717, 1.165) is 24.0 Å². The highest BCUT2D eigenvalue weighted by Gasteiger charge is 2.14. The van der Waals surface area contributed by atoms with E-state index in [4.69, 9.17) is 4.74 Å². The summed E-state index contributed by atoms with van der Waals surface area (Å²) in [7, 11) is 0. The monoisotopic (exact) mass is 336 g/mol. The predicted octanol–water partition coefficient (Wildman–Crippen LogP) is 5.02. The minimum absolute atomic E-state index is 0.100. The fourth-order valence-electron chi connectivity index (χ4n) is 2.36. The van der Waals surface area contributed by atoms with Crippen LogP contribution in [0, 0.1) is 0 Å². The Morgan fingerprint density at radius 3 is 2.70 bits per heavy atom. The number of benzene rings is 1. The number of Topliss-reactive ketones (excluding diaryl/α,β-unsaturated/α-hetero) is 1. The van der Waals surface area contributed by atoms with Gasteiger partial charge in [0.05, 0.1) is 12.7 Å². The second-order valence-corrected chi connectivity index (χ2v) is 6.20. The van der Waals surface area contributed by atoms with Gasteiger partial charge in [-0.1, -0.05) is 59.1 Å². The van der Waals surface area contributed by atoms with Gasteiger partial charge in [-0.3, -0.25) is 4.79 Å². The summed E-state index contributed by atoms with van der Waals surface area (Å²) in [5.41, 5.74) is 1.86. The summed E-state index contributed by atoms with van der Waals surface area (Å²) < 4.78 is 7.20. The Bertz CT molecular complexity index is 476. The lowest BCUT2D eigenvalue weighted by molar-refractivity contribution is 0.0619. The van der Waals surface area contributed by atoms with Crippen molar-refractivity contribution in [1.29, 1.82) is 0 Å². The first-order valence-corrected chi connectivity index (χ1v) is 8.03. The molecule has 1 aromatic rings. The minimum Gasteiger partial charge on any atom is -0.368 e. The van der Waals surface area contributed by atoms with Crippen LogP contribution in [0.1, 0.15) is 54.9 Å². The van der Waals surface area contributed by atoms with Crippen molar-refractivity contribution in [3.8, 4) is 0 Å². The molecule has 1 aromatic carbocycles. The second kappa shape index (κ2) is 7.75. The Labute approximate surface area is 129 Å². The molecule has 1 aliphatic carbocycles. The summed E-state index contributed by atoms with van der Waals surface area (Å²) in [6.45, 7) is 2.17. The highest BCUT2D eigenvalue weighted by Crippen LogP contribution is 2.25. The van der Waals surface area contributed by atoms with Crippen LogP contribution in [-0.4, -0.2) is 11.9 Å². The summed E-state index contributed by atoms with van der Waals surface area (Å²) in [6, 6.07) is 7.67. The van der Waals surface area contributed by atoms with E-state index in [9.17, 15) is 4.79 Å². The third kappa shape index (κ3) is 4.57. The van der Waals surface area contributed by atoms with Crippen LogP contribution in [0.15, 0.2) is 34.8 Å². The van der Waals surface area contributed by atoms with Gasteiger partial charge in [-0.15, -0.1) is 0 Å². The second-order valence-electron chi connectivity index (χ2n) is 5.28. The van der Waals surface area contributed by atoms with Crippen molar-refractivity contribution >= 4 is 21.7 Å². The van der Waals surface area contributed by atoms with Gasteiger partial charge in [-0.05, 0) is 31.7 Å². The molecule has 0 fully saturated rings. The minimum atomic E-state index is 0.100. The molecule has 0 radical (unpaired) electrons. The van der Waals surface area contributed by atoms with Gasteiger partial charge in [0.25, 0.3) is 0 Å². The molecule has 0 amide bonds. The molecule has 2 rings (SSSR count). The van der Waals surface area contributed by atoms with Crippen LogP contribution in [0.5, 0.6) is 0 Å². The molecule has 0 N–H and O–H groups in total. The van der Waals surface area contributed by atoms with Gasteiger partial charge in [0.15, 0.2) is 5.78 Å². The van der Waals surface area contributed by atoms with Crippen LogP contribution in [-0.2, 0) is 11.3 Å². The van der Waals surface area contributed by atoms with E-state index in [2.05, 4.69) is 22.0 Å². The Morgan fingerprint density at radius 1 is 1.25 bits per heavy atom. The summed E-state index contributed by atoms with van der Waals surface area (Å²) in [4.78, 5) is 11.2. The number of rotatable bonds is 4.